The van der Waals surface area contributed by atoms with Crippen LogP contribution in [0.4, 0.5) is 0 Å². The van der Waals surface area contributed by atoms with Crippen molar-refractivity contribution in [1.82, 2.24) is 4.90 Å². The summed E-state index contributed by atoms with van der Waals surface area (Å²) in [6.45, 7) is 0.294. The molecule has 1 atom stereocenters. The van der Waals surface area contributed by atoms with Gasteiger partial charge in [0.2, 0.25) is 0 Å². The summed E-state index contributed by atoms with van der Waals surface area (Å²) in [5.41, 5.74) is 1.22. The first-order chi connectivity index (χ1) is 14.8. The lowest BCUT2D eigenvalue weighted by Crippen LogP contribution is -2.30. The monoisotopic (exact) mass is 549 g/mol. The molecular formula is C23H21Br2NO5. The minimum atomic E-state index is -0.857. The highest BCUT2D eigenvalue weighted by Gasteiger charge is 2.45. The van der Waals surface area contributed by atoms with Crippen molar-refractivity contribution in [2.45, 2.75) is 31.7 Å². The Morgan fingerprint density at radius 2 is 1.45 bits per heavy atom. The van der Waals surface area contributed by atoms with Gasteiger partial charge in [0.25, 0.3) is 11.7 Å². The first-order valence-electron chi connectivity index (χ1n) is 9.81. The smallest absolute Gasteiger partial charge is 0.303 e. The molecule has 1 fully saturated rings. The predicted molar refractivity (Wildman–Crippen MR) is 123 cm³/mol. The number of aliphatic carboxylic acids is 1. The maximum absolute atomic E-state index is 12.9. The lowest BCUT2D eigenvalue weighted by Gasteiger charge is -2.25. The summed E-state index contributed by atoms with van der Waals surface area (Å²) in [6.07, 6.45) is 1.75. The number of Topliss-reactive ketones (excluding diaryl/α,β-unsaturated/α-hetero) is 1. The number of carboxylic acids is 1. The third-order valence-electron chi connectivity index (χ3n) is 5.13. The van der Waals surface area contributed by atoms with Crippen LogP contribution in [0, 0.1) is 0 Å². The molecule has 8 heteroatoms. The Balaban J connectivity index is 1.96. The molecule has 0 aromatic heterocycles. The highest BCUT2D eigenvalue weighted by Crippen LogP contribution is 2.40. The number of carboxylic acid groups (broad SMARTS) is 1. The molecule has 0 saturated carbocycles. The topological polar surface area (TPSA) is 94.9 Å². The van der Waals surface area contributed by atoms with Gasteiger partial charge < -0.3 is 15.1 Å². The van der Waals surface area contributed by atoms with Crippen LogP contribution in [0.25, 0.3) is 5.76 Å². The van der Waals surface area contributed by atoms with Crippen LogP contribution in [0.1, 0.15) is 42.9 Å². The summed E-state index contributed by atoms with van der Waals surface area (Å²) in [4.78, 5) is 37.9. The van der Waals surface area contributed by atoms with E-state index in [0.29, 0.717) is 36.9 Å². The Bertz CT molecular complexity index is 1020. The van der Waals surface area contributed by atoms with Gasteiger partial charge in [0.15, 0.2) is 0 Å². The summed E-state index contributed by atoms with van der Waals surface area (Å²) < 4.78 is 1.69. The Kier molecular flexibility index (Phi) is 7.67. The van der Waals surface area contributed by atoms with E-state index in [4.69, 9.17) is 5.11 Å². The molecule has 1 heterocycles. The van der Waals surface area contributed by atoms with Crippen LogP contribution in [-0.4, -0.2) is 39.3 Å². The second-order valence-corrected chi connectivity index (χ2v) is 9.09. The second-order valence-electron chi connectivity index (χ2n) is 7.26. The van der Waals surface area contributed by atoms with E-state index >= 15 is 0 Å². The first kappa shape index (κ1) is 23.2. The van der Waals surface area contributed by atoms with Crippen LogP contribution >= 0.6 is 31.9 Å². The van der Waals surface area contributed by atoms with Crippen molar-refractivity contribution in [2.75, 3.05) is 6.54 Å². The molecule has 2 aromatic rings. The lowest BCUT2D eigenvalue weighted by molar-refractivity contribution is -0.140. The van der Waals surface area contributed by atoms with Gasteiger partial charge in [-0.15, -0.1) is 0 Å². The van der Waals surface area contributed by atoms with Crippen LogP contribution in [0.3, 0.4) is 0 Å². The van der Waals surface area contributed by atoms with Gasteiger partial charge in [-0.1, -0.05) is 62.5 Å². The summed E-state index contributed by atoms with van der Waals surface area (Å²) in [6, 6.07) is 13.4. The molecule has 2 aromatic carbocycles. The summed E-state index contributed by atoms with van der Waals surface area (Å²) in [5, 5.41) is 19.7. The number of ketones is 1. The molecule has 0 bridgehead atoms. The van der Waals surface area contributed by atoms with E-state index in [1.807, 2.05) is 24.3 Å². The molecule has 31 heavy (non-hydrogen) atoms. The number of halogens is 2. The molecule has 162 valence electrons. The predicted octanol–water partition coefficient (Wildman–Crippen LogP) is 5.28. The normalized spacial score (nSPS) is 17.9. The van der Waals surface area contributed by atoms with Crippen LogP contribution in [-0.2, 0) is 14.4 Å². The van der Waals surface area contributed by atoms with E-state index in [1.165, 1.54) is 4.90 Å². The van der Waals surface area contributed by atoms with Crippen molar-refractivity contribution in [2.24, 2.45) is 0 Å². The first-order valence-corrected chi connectivity index (χ1v) is 11.4. The number of aliphatic hydroxyl groups is 1. The van der Waals surface area contributed by atoms with Crippen molar-refractivity contribution in [3.63, 3.8) is 0 Å². The molecule has 1 amide bonds. The van der Waals surface area contributed by atoms with Crippen molar-refractivity contribution < 1.29 is 24.6 Å². The second kappa shape index (κ2) is 10.2. The van der Waals surface area contributed by atoms with Gasteiger partial charge in [-0.25, -0.2) is 0 Å². The number of aliphatic hydroxyl groups excluding tert-OH is 1. The molecule has 0 unspecified atom stereocenters. The van der Waals surface area contributed by atoms with Crippen molar-refractivity contribution in [3.8, 4) is 0 Å². The van der Waals surface area contributed by atoms with Gasteiger partial charge in [0, 0.05) is 27.5 Å². The van der Waals surface area contributed by atoms with Crippen molar-refractivity contribution in [1.29, 1.82) is 0 Å². The van der Waals surface area contributed by atoms with Gasteiger partial charge in [0.1, 0.15) is 5.76 Å². The average molecular weight is 551 g/mol. The zero-order chi connectivity index (χ0) is 22.5. The molecule has 0 spiro atoms. The molecule has 3 rings (SSSR count). The number of nitrogens with zero attached hydrogens (tertiary/aromatic N) is 1. The van der Waals surface area contributed by atoms with Crippen LogP contribution in [0.5, 0.6) is 0 Å². The number of likely N-dealkylation sites (tertiary alicyclic amines) is 1. The minimum Gasteiger partial charge on any atom is -0.507 e. The average Bonchev–Trinajstić information content (AvgIpc) is 2.99. The van der Waals surface area contributed by atoms with E-state index in [9.17, 15) is 19.5 Å². The zero-order valence-corrected chi connectivity index (χ0v) is 19.7. The minimum absolute atomic E-state index is 0.0557. The number of rotatable bonds is 8. The Morgan fingerprint density at radius 1 is 0.871 bits per heavy atom. The Hall–Kier alpha value is -2.45. The molecule has 1 aliphatic rings. The zero-order valence-electron chi connectivity index (χ0n) is 16.6. The van der Waals surface area contributed by atoms with E-state index in [0.717, 1.165) is 8.95 Å². The summed E-state index contributed by atoms with van der Waals surface area (Å²) in [5.74, 6) is -2.46. The van der Waals surface area contributed by atoms with E-state index in [-0.39, 0.29) is 17.8 Å². The molecule has 0 radical (unpaired) electrons. The maximum atomic E-state index is 12.9. The number of unbranched alkanes of at least 4 members (excludes halogenated alkanes) is 2. The van der Waals surface area contributed by atoms with E-state index in [2.05, 4.69) is 31.9 Å². The van der Waals surface area contributed by atoms with E-state index < -0.39 is 23.7 Å². The molecule has 6 nitrogen and oxygen atoms in total. The number of amides is 1. The summed E-state index contributed by atoms with van der Waals surface area (Å²) in [7, 11) is 0. The Morgan fingerprint density at radius 3 is 2.03 bits per heavy atom. The number of benzene rings is 2. The number of carbonyl (C=O) groups is 3. The van der Waals surface area contributed by atoms with Crippen LogP contribution in [0.15, 0.2) is 63.0 Å². The van der Waals surface area contributed by atoms with Gasteiger partial charge in [0.05, 0.1) is 11.6 Å². The van der Waals surface area contributed by atoms with Crippen molar-refractivity contribution in [3.05, 3.63) is 74.2 Å². The quantitative estimate of drug-likeness (QED) is 0.202. The van der Waals surface area contributed by atoms with Gasteiger partial charge in [-0.3, -0.25) is 14.4 Å². The fourth-order valence-corrected chi connectivity index (χ4v) is 4.13. The third kappa shape index (κ3) is 5.43. The molecular weight excluding hydrogens is 530 g/mol. The maximum Gasteiger partial charge on any atom is 0.303 e. The van der Waals surface area contributed by atoms with Crippen LogP contribution in [0.2, 0.25) is 0 Å². The fraction of sp³-hybridized carbons (Fsp3) is 0.261. The number of carbonyl (C=O) groups excluding carboxylic acids is 2. The molecule has 2 N–H and O–H groups in total. The largest absolute Gasteiger partial charge is 0.507 e. The highest BCUT2D eigenvalue weighted by atomic mass is 79.9. The third-order valence-corrected chi connectivity index (χ3v) is 6.19. The van der Waals surface area contributed by atoms with Crippen LogP contribution < -0.4 is 0 Å². The SMILES string of the molecule is O=C(O)CCCCCN1C(=O)C(=O)C(=C(O)c2ccc(Br)cc2)[C@H]1c1ccc(Br)cc1. The fourth-order valence-electron chi connectivity index (χ4n) is 3.60. The standard InChI is InChI=1S/C23H21Br2NO5/c24-16-9-5-14(6-10-16)20-19(21(29)15-7-11-17(25)12-8-15)22(30)23(31)26(20)13-3-1-2-4-18(27)28/h5-12,20,29H,1-4,13H2,(H,27,28)/t20-/m1/s1. The molecule has 1 aliphatic heterocycles. The van der Waals surface area contributed by atoms with Crippen molar-refractivity contribution >= 4 is 55.3 Å². The summed E-state index contributed by atoms with van der Waals surface area (Å²) >= 11 is 6.74. The van der Waals surface area contributed by atoms with E-state index in [1.54, 1.807) is 24.3 Å². The molecule has 1 saturated heterocycles. The highest BCUT2D eigenvalue weighted by molar-refractivity contribution is 9.10. The Labute approximate surface area is 196 Å². The number of hydrogen-bond acceptors (Lipinski definition) is 4. The van der Waals surface area contributed by atoms with Gasteiger partial charge in [-0.05, 0) is 42.7 Å². The molecule has 0 aliphatic carbocycles. The van der Waals surface area contributed by atoms with Gasteiger partial charge in [-0.2, -0.15) is 0 Å². The lowest BCUT2D eigenvalue weighted by atomic mass is 9.95. The van der Waals surface area contributed by atoms with Gasteiger partial charge >= 0.3 is 5.97 Å². The number of hydrogen-bond donors (Lipinski definition) is 2.